The highest BCUT2D eigenvalue weighted by molar-refractivity contribution is 9.11. The normalized spacial score (nSPS) is 9.74. The van der Waals surface area contributed by atoms with Crippen LogP contribution in [0, 0.1) is 27.2 Å². The first-order valence-electron chi connectivity index (χ1n) is 6.16. The monoisotopic (exact) mass is 508 g/mol. The minimum Gasteiger partial charge on any atom is -0.258 e. The maximum Gasteiger partial charge on any atom is 0.283 e. The highest BCUT2D eigenvalue weighted by Crippen LogP contribution is 2.29. The zero-order valence-electron chi connectivity index (χ0n) is 11.8. The van der Waals surface area contributed by atoms with E-state index in [1.54, 1.807) is 12.1 Å². The summed E-state index contributed by atoms with van der Waals surface area (Å²) in [6.45, 7) is 1.82. The van der Waals surface area contributed by atoms with Crippen LogP contribution < -0.4 is 0 Å². The number of hydrogen-bond donors (Lipinski definition) is 0. The van der Waals surface area contributed by atoms with E-state index in [1.165, 1.54) is 12.1 Å². The summed E-state index contributed by atoms with van der Waals surface area (Å²) in [5.41, 5.74) is 1.97. The molecule has 0 saturated carbocycles. The fraction of sp³-hybridized carbons (Fsp3) is 0.143. The lowest BCUT2D eigenvalue weighted by Crippen LogP contribution is -1.91. The van der Waals surface area contributed by atoms with Gasteiger partial charge in [0, 0.05) is 17.5 Å². The Morgan fingerprint density at radius 1 is 0.913 bits per heavy atom. The summed E-state index contributed by atoms with van der Waals surface area (Å²) in [5, 5.41) is 21.4. The molecule has 2 aromatic carbocycles. The van der Waals surface area contributed by atoms with Gasteiger partial charge < -0.3 is 0 Å². The summed E-state index contributed by atoms with van der Waals surface area (Å²) < 4.78 is 1.11. The van der Waals surface area contributed by atoms with Gasteiger partial charge in [-0.15, -0.1) is 0 Å². The second-order valence-corrected chi connectivity index (χ2v) is 6.45. The molecule has 0 fully saturated rings. The SMILES string of the molecule is Cc1cccc([N+](=O)[O-])c1Br.O=[N+]([O-])c1cccc(CBr)c1Br. The number of nitrogens with zero attached hydrogens (tertiary/aromatic N) is 2. The molecule has 0 bridgehead atoms. The van der Waals surface area contributed by atoms with Crippen molar-refractivity contribution in [3.05, 3.63) is 76.7 Å². The van der Waals surface area contributed by atoms with E-state index in [-0.39, 0.29) is 11.4 Å². The van der Waals surface area contributed by atoms with Gasteiger partial charge in [-0.05, 0) is 49.9 Å². The molecular weight excluding hydrogens is 500 g/mol. The van der Waals surface area contributed by atoms with Crippen molar-refractivity contribution in [2.45, 2.75) is 12.3 Å². The fourth-order valence-electron chi connectivity index (χ4n) is 1.58. The highest BCUT2D eigenvalue weighted by Gasteiger charge is 2.13. The van der Waals surface area contributed by atoms with Crippen molar-refractivity contribution >= 4 is 59.2 Å². The van der Waals surface area contributed by atoms with Gasteiger partial charge in [-0.3, -0.25) is 20.2 Å². The number of nitro benzene ring substituents is 2. The Bertz CT molecular complexity index is 738. The molecule has 9 heteroatoms. The summed E-state index contributed by atoms with van der Waals surface area (Å²) in [4.78, 5) is 20.0. The van der Waals surface area contributed by atoms with Crippen molar-refractivity contribution in [1.29, 1.82) is 0 Å². The van der Waals surface area contributed by atoms with Crippen LogP contribution in [-0.4, -0.2) is 9.85 Å². The number of aryl methyl sites for hydroxylation is 1. The van der Waals surface area contributed by atoms with Gasteiger partial charge in [0.1, 0.15) is 0 Å². The third-order valence-electron chi connectivity index (χ3n) is 2.77. The third kappa shape index (κ3) is 5.36. The average molecular weight is 511 g/mol. The van der Waals surface area contributed by atoms with E-state index in [1.807, 2.05) is 19.1 Å². The average Bonchev–Trinajstić information content (AvgIpc) is 2.50. The van der Waals surface area contributed by atoms with Crippen LogP contribution in [0.15, 0.2) is 45.3 Å². The van der Waals surface area contributed by atoms with Crippen LogP contribution in [-0.2, 0) is 5.33 Å². The molecule has 2 aromatic rings. The predicted molar refractivity (Wildman–Crippen MR) is 99.0 cm³/mol. The molecule has 0 amide bonds. The molecule has 0 saturated heterocycles. The zero-order valence-corrected chi connectivity index (χ0v) is 16.6. The van der Waals surface area contributed by atoms with Gasteiger partial charge in [0.05, 0.1) is 18.8 Å². The third-order valence-corrected chi connectivity index (χ3v) is 5.32. The largest absolute Gasteiger partial charge is 0.283 e. The zero-order chi connectivity index (χ0) is 17.6. The molecule has 0 aliphatic heterocycles. The van der Waals surface area contributed by atoms with E-state index in [2.05, 4.69) is 47.8 Å². The first-order valence-corrected chi connectivity index (χ1v) is 8.87. The lowest BCUT2D eigenvalue weighted by Gasteiger charge is -1.99. The fourth-order valence-corrected chi connectivity index (χ4v) is 3.39. The summed E-state index contributed by atoms with van der Waals surface area (Å²) in [5.74, 6) is 0. The Kier molecular flexibility index (Phi) is 7.80. The first-order chi connectivity index (χ1) is 10.8. The van der Waals surface area contributed by atoms with Crippen molar-refractivity contribution in [3.8, 4) is 0 Å². The van der Waals surface area contributed by atoms with Gasteiger partial charge in [-0.1, -0.05) is 40.2 Å². The van der Waals surface area contributed by atoms with Gasteiger partial charge in [0.2, 0.25) is 0 Å². The lowest BCUT2D eigenvalue weighted by atomic mass is 10.2. The van der Waals surface area contributed by atoms with E-state index < -0.39 is 9.85 Å². The van der Waals surface area contributed by atoms with Gasteiger partial charge in [0.15, 0.2) is 0 Å². The predicted octanol–water partition coefficient (Wildman–Crippen LogP) is 5.92. The van der Waals surface area contributed by atoms with E-state index in [9.17, 15) is 20.2 Å². The minimum absolute atomic E-state index is 0.104. The molecule has 0 spiro atoms. The second-order valence-electron chi connectivity index (χ2n) is 4.31. The molecule has 0 radical (unpaired) electrons. The number of nitro groups is 2. The Labute approximate surface area is 157 Å². The second kappa shape index (κ2) is 9.09. The van der Waals surface area contributed by atoms with Crippen LogP contribution in [0.25, 0.3) is 0 Å². The molecule has 2 rings (SSSR count). The molecule has 6 nitrogen and oxygen atoms in total. The number of alkyl halides is 1. The Morgan fingerprint density at radius 2 is 1.39 bits per heavy atom. The molecule has 0 aliphatic carbocycles. The van der Waals surface area contributed by atoms with Crippen molar-refractivity contribution < 1.29 is 9.85 Å². The van der Waals surface area contributed by atoms with Gasteiger partial charge >= 0.3 is 0 Å². The first kappa shape index (κ1) is 19.7. The van der Waals surface area contributed by atoms with Crippen LogP contribution in [0.4, 0.5) is 11.4 Å². The lowest BCUT2D eigenvalue weighted by molar-refractivity contribution is -0.385. The van der Waals surface area contributed by atoms with Crippen molar-refractivity contribution in [1.82, 2.24) is 0 Å². The molecule has 0 heterocycles. The van der Waals surface area contributed by atoms with Crippen molar-refractivity contribution in [2.75, 3.05) is 0 Å². The number of benzene rings is 2. The number of hydrogen-bond acceptors (Lipinski definition) is 4. The highest BCUT2D eigenvalue weighted by atomic mass is 79.9. The van der Waals surface area contributed by atoms with Crippen LogP contribution in [0.5, 0.6) is 0 Å². The quantitative estimate of drug-likeness (QED) is 0.291. The van der Waals surface area contributed by atoms with E-state index in [0.717, 1.165) is 11.1 Å². The van der Waals surface area contributed by atoms with E-state index >= 15 is 0 Å². The van der Waals surface area contributed by atoms with Crippen LogP contribution in [0.3, 0.4) is 0 Å². The Morgan fingerprint density at radius 3 is 1.83 bits per heavy atom. The maximum absolute atomic E-state index is 10.5. The maximum atomic E-state index is 10.5. The van der Waals surface area contributed by atoms with Gasteiger partial charge in [0.25, 0.3) is 11.4 Å². The van der Waals surface area contributed by atoms with Crippen LogP contribution >= 0.6 is 47.8 Å². The van der Waals surface area contributed by atoms with Crippen molar-refractivity contribution in [3.63, 3.8) is 0 Å². The summed E-state index contributed by atoms with van der Waals surface area (Å²) >= 11 is 9.55. The van der Waals surface area contributed by atoms with Gasteiger partial charge in [-0.2, -0.15) is 0 Å². The standard InChI is InChI=1S/C7H5Br2NO2.C7H6BrNO2/c8-4-5-2-1-3-6(7(5)9)10(11)12;1-5-3-2-4-6(7(5)8)9(10)11/h1-3H,4H2;2-4H,1H3. The smallest absolute Gasteiger partial charge is 0.258 e. The molecule has 23 heavy (non-hydrogen) atoms. The van der Waals surface area contributed by atoms with E-state index in [0.29, 0.717) is 14.3 Å². The summed E-state index contributed by atoms with van der Waals surface area (Å²) in [6, 6.07) is 9.91. The van der Waals surface area contributed by atoms with Gasteiger partial charge in [-0.25, -0.2) is 0 Å². The molecule has 122 valence electrons. The Hall–Kier alpha value is -1.32. The number of rotatable bonds is 3. The van der Waals surface area contributed by atoms with Crippen molar-refractivity contribution in [2.24, 2.45) is 0 Å². The molecule has 0 N–H and O–H groups in total. The Balaban J connectivity index is 0.000000231. The molecule has 0 atom stereocenters. The molecule has 0 aliphatic rings. The van der Waals surface area contributed by atoms with E-state index in [4.69, 9.17) is 0 Å². The molecule has 0 unspecified atom stereocenters. The molecular formula is C14H11Br3N2O4. The minimum atomic E-state index is -0.407. The molecule has 0 aromatic heterocycles. The topological polar surface area (TPSA) is 86.3 Å². The summed E-state index contributed by atoms with van der Waals surface area (Å²) in [7, 11) is 0. The summed E-state index contributed by atoms with van der Waals surface area (Å²) in [6.07, 6.45) is 0. The number of halogens is 3. The van der Waals surface area contributed by atoms with Crippen LogP contribution in [0.1, 0.15) is 11.1 Å². The van der Waals surface area contributed by atoms with Crippen LogP contribution in [0.2, 0.25) is 0 Å².